The lowest BCUT2D eigenvalue weighted by molar-refractivity contribution is 0.647. The van der Waals surface area contributed by atoms with Gasteiger partial charge < -0.3 is 10.8 Å². The van der Waals surface area contributed by atoms with E-state index in [2.05, 4.69) is 4.98 Å². The van der Waals surface area contributed by atoms with Crippen molar-refractivity contribution in [2.24, 2.45) is 0 Å². The number of aromatic nitrogens is 2. The summed E-state index contributed by atoms with van der Waals surface area (Å²) in [6, 6.07) is 0. The molecule has 3 nitrogen and oxygen atoms in total. The van der Waals surface area contributed by atoms with Crippen molar-refractivity contribution in [2.75, 3.05) is 5.84 Å². The molecule has 3 N–H and O–H groups in total. The second-order valence-electron chi connectivity index (χ2n) is 9.09. The van der Waals surface area contributed by atoms with Crippen LogP contribution < -0.4 is 5.84 Å². The van der Waals surface area contributed by atoms with Crippen LogP contribution in [0.2, 0.25) is 0 Å². The molecule has 2 aromatic rings. The molecule has 3 heteroatoms. The maximum atomic E-state index is 6.16. The number of aromatic amines is 1. The van der Waals surface area contributed by atoms with Gasteiger partial charge in [0.05, 0.1) is 0 Å². The van der Waals surface area contributed by atoms with E-state index in [1.165, 1.54) is 114 Å². The minimum Gasteiger partial charge on any atom is -0.362 e. The van der Waals surface area contributed by atoms with Crippen molar-refractivity contribution in [3.63, 3.8) is 0 Å². The summed E-state index contributed by atoms with van der Waals surface area (Å²) in [6.07, 6.45) is 21.3. The van der Waals surface area contributed by atoms with Crippen LogP contribution in [0.1, 0.15) is 96.4 Å². The highest BCUT2D eigenvalue weighted by Crippen LogP contribution is 2.33. The molecule has 4 aliphatic carbocycles. The average Bonchev–Trinajstić information content (AvgIpc) is 3.25. The molecule has 27 heavy (non-hydrogen) atoms. The highest BCUT2D eigenvalue weighted by molar-refractivity contribution is 5.42. The van der Waals surface area contributed by atoms with E-state index < -0.39 is 0 Å². The Morgan fingerprint density at radius 2 is 0.852 bits per heavy atom. The molecule has 0 aliphatic heterocycles. The first-order valence-electron chi connectivity index (χ1n) is 11.5. The van der Waals surface area contributed by atoms with Crippen molar-refractivity contribution in [3.8, 4) is 0 Å². The van der Waals surface area contributed by atoms with Gasteiger partial charge in [-0.05, 0) is 125 Å². The average molecular weight is 366 g/mol. The lowest BCUT2D eigenvalue weighted by Crippen LogP contribution is -2.18. The van der Waals surface area contributed by atoms with Gasteiger partial charge in [-0.2, -0.15) is 0 Å². The van der Waals surface area contributed by atoms with E-state index in [9.17, 15) is 0 Å². The van der Waals surface area contributed by atoms with Crippen LogP contribution in [0.5, 0.6) is 0 Å². The van der Waals surface area contributed by atoms with E-state index in [-0.39, 0.29) is 0 Å². The van der Waals surface area contributed by atoms with E-state index in [0.29, 0.717) is 0 Å². The van der Waals surface area contributed by atoms with E-state index in [0.717, 1.165) is 0 Å². The summed E-state index contributed by atoms with van der Waals surface area (Å²) >= 11 is 0. The third kappa shape index (κ3) is 3.13. The van der Waals surface area contributed by atoms with Gasteiger partial charge in [0.2, 0.25) is 0 Å². The summed E-state index contributed by atoms with van der Waals surface area (Å²) in [5.41, 5.74) is 12.7. The Balaban J connectivity index is 0.000000119. The van der Waals surface area contributed by atoms with E-state index in [4.69, 9.17) is 5.84 Å². The standard InChI is InChI=1S/C12H18N2.C12H17N/c13-14-11-7-3-1-5-9(11)10-6-2-4-8-12(10)14;1-3-7-11-9(5-1)10-6-2-4-8-12(10)13-11/h1-8,13H2;13H,1-8H2. The van der Waals surface area contributed by atoms with Crippen molar-refractivity contribution >= 4 is 0 Å². The van der Waals surface area contributed by atoms with Crippen molar-refractivity contribution < 1.29 is 0 Å². The molecule has 0 saturated carbocycles. The number of nitrogens with one attached hydrogen (secondary N) is 1. The molecule has 0 bridgehead atoms. The van der Waals surface area contributed by atoms with Crippen LogP contribution in [0.25, 0.3) is 0 Å². The van der Waals surface area contributed by atoms with Gasteiger partial charge >= 0.3 is 0 Å². The fourth-order valence-electron chi connectivity index (χ4n) is 6.06. The Kier molecular flexibility index (Phi) is 4.79. The molecule has 2 aromatic heterocycles. The second-order valence-corrected chi connectivity index (χ2v) is 9.09. The molecule has 0 amide bonds. The molecular formula is C24H35N3. The van der Waals surface area contributed by atoms with Crippen LogP contribution in [0, 0.1) is 0 Å². The van der Waals surface area contributed by atoms with Crippen LogP contribution in [-0.2, 0) is 51.4 Å². The number of nitrogens with two attached hydrogens (primary N) is 1. The SMILES string of the molecule is C1CCc2c([nH]c3c2CCCC3)C1.Nn1c2c(c3c1CCCC3)CCCC2. The summed E-state index contributed by atoms with van der Waals surface area (Å²) < 4.78 is 2.02. The van der Waals surface area contributed by atoms with Gasteiger partial charge in [0.15, 0.2) is 0 Å². The lowest BCUT2D eigenvalue weighted by Gasteiger charge is -2.14. The molecule has 0 fully saturated rings. The molecule has 0 radical (unpaired) electrons. The fourth-order valence-corrected chi connectivity index (χ4v) is 6.06. The molecule has 0 aromatic carbocycles. The van der Waals surface area contributed by atoms with E-state index in [1.807, 2.05) is 4.68 Å². The van der Waals surface area contributed by atoms with Gasteiger partial charge in [0.25, 0.3) is 0 Å². The molecule has 6 rings (SSSR count). The Hall–Kier alpha value is -1.64. The van der Waals surface area contributed by atoms with Gasteiger partial charge in [0, 0.05) is 22.8 Å². The number of hydrogen-bond acceptors (Lipinski definition) is 1. The van der Waals surface area contributed by atoms with Gasteiger partial charge in [-0.25, -0.2) is 0 Å². The van der Waals surface area contributed by atoms with Crippen molar-refractivity contribution in [1.29, 1.82) is 0 Å². The fraction of sp³-hybridized carbons (Fsp3) is 0.667. The minimum absolute atomic E-state index is 1.21. The van der Waals surface area contributed by atoms with Crippen LogP contribution in [-0.4, -0.2) is 9.66 Å². The maximum absolute atomic E-state index is 6.16. The molecule has 0 atom stereocenters. The largest absolute Gasteiger partial charge is 0.362 e. The number of H-pyrrole nitrogens is 1. The summed E-state index contributed by atoms with van der Waals surface area (Å²) in [7, 11) is 0. The topological polar surface area (TPSA) is 46.7 Å². The van der Waals surface area contributed by atoms with Crippen molar-refractivity contribution in [2.45, 2.75) is 103 Å². The Bertz CT molecular complexity index is 760. The van der Waals surface area contributed by atoms with E-state index in [1.54, 1.807) is 33.6 Å². The van der Waals surface area contributed by atoms with Gasteiger partial charge in [-0.15, -0.1) is 0 Å². The maximum Gasteiger partial charge on any atom is 0.0429 e. The number of nitrogens with zero attached hydrogens (tertiary/aromatic N) is 1. The third-order valence-electron chi connectivity index (χ3n) is 7.42. The zero-order valence-electron chi connectivity index (χ0n) is 16.8. The number of hydrogen-bond donors (Lipinski definition) is 2. The summed E-state index contributed by atoms with van der Waals surface area (Å²) in [5, 5.41) is 0. The van der Waals surface area contributed by atoms with Crippen LogP contribution in [0.15, 0.2) is 0 Å². The predicted octanol–water partition coefficient (Wildman–Crippen LogP) is 4.73. The van der Waals surface area contributed by atoms with Crippen molar-refractivity contribution in [3.05, 3.63) is 45.0 Å². The molecule has 2 heterocycles. The van der Waals surface area contributed by atoms with Crippen LogP contribution >= 0.6 is 0 Å². The molecular weight excluding hydrogens is 330 g/mol. The second kappa shape index (κ2) is 7.41. The molecule has 0 saturated heterocycles. The first-order chi connectivity index (χ1) is 13.3. The van der Waals surface area contributed by atoms with Crippen molar-refractivity contribution in [1.82, 2.24) is 9.66 Å². The molecule has 0 unspecified atom stereocenters. The van der Waals surface area contributed by atoms with Crippen LogP contribution in [0.3, 0.4) is 0 Å². The zero-order chi connectivity index (χ0) is 18.2. The number of rotatable bonds is 0. The predicted molar refractivity (Wildman–Crippen MR) is 112 cm³/mol. The van der Waals surface area contributed by atoms with E-state index >= 15 is 0 Å². The number of nitrogen functional groups attached to an aromatic ring is 1. The van der Waals surface area contributed by atoms with Gasteiger partial charge in [-0.1, -0.05) is 0 Å². The first kappa shape index (κ1) is 17.5. The third-order valence-corrected chi connectivity index (χ3v) is 7.42. The highest BCUT2D eigenvalue weighted by Gasteiger charge is 2.25. The molecule has 146 valence electrons. The minimum atomic E-state index is 1.21. The Morgan fingerprint density at radius 1 is 0.481 bits per heavy atom. The van der Waals surface area contributed by atoms with Gasteiger partial charge in [-0.3, -0.25) is 4.68 Å². The number of fused-ring (bicyclic) bond motifs is 6. The first-order valence-corrected chi connectivity index (χ1v) is 11.5. The summed E-state index contributed by atoms with van der Waals surface area (Å²) in [6.45, 7) is 0. The molecule has 0 spiro atoms. The Morgan fingerprint density at radius 3 is 1.33 bits per heavy atom. The smallest absolute Gasteiger partial charge is 0.0429 e. The summed E-state index contributed by atoms with van der Waals surface area (Å²) in [5.74, 6) is 6.16. The normalized spacial score (nSPS) is 20.6. The quantitative estimate of drug-likeness (QED) is 0.651. The zero-order valence-corrected chi connectivity index (χ0v) is 16.8. The van der Waals surface area contributed by atoms with Crippen LogP contribution in [0.4, 0.5) is 0 Å². The van der Waals surface area contributed by atoms with Gasteiger partial charge in [0.1, 0.15) is 0 Å². The lowest BCUT2D eigenvalue weighted by atomic mass is 9.89. The number of aryl methyl sites for hydroxylation is 2. The molecule has 4 aliphatic rings. The Labute approximate surface area is 163 Å². The summed E-state index contributed by atoms with van der Waals surface area (Å²) in [4.78, 5) is 3.65. The monoisotopic (exact) mass is 365 g/mol. The highest BCUT2D eigenvalue weighted by atomic mass is 15.3.